The number of hydrogen-bond acceptors (Lipinski definition) is 4. The van der Waals surface area contributed by atoms with Crippen LogP contribution in [-0.4, -0.2) is 66.8 Å². The molecule has 0 heterocycles. The first-order valence-corrected chi connectivity index (χ1v) is 15.5. The summed E-state index contributed by atoms with van der Waals surface area (Å²) in [5, 5.41) is 0. The van der Waals surface area contributed by atoms with Crippen molar-refractivity contribution >= 4 is 66.8 Å². The first kappa shape index (κ1) is 17.5. The van der Waals surface area contributed by atoms with Gasteiger partial charge >= 0.3 is 0 Å². The van der Waals surface area contributed by atoms with E-state index in [0.29, 0.717) is 50.9 Å². The van der Waals surface area contributed by atoms with E-state index in [1.165, 1.54) is 0 Å². The molecule has 0 saturated carbocycles. The average Bonchev–Trinajstić information content (AvgIpc) is 2.62. The van der Waals surface area contributed by atoms with Crippen LogP contribution in [-0.2, 0) is 0 Å². The Morgan fingerprint density at radius 3 is 2.04 bits per heavy atom. The smallest absolute Gasteiger partial charge is 0.278 e. The van der Waals surface area contributed by atoms with Crippen LogP contribution in [0.25, 0.3) is 0 Å². The molecule has 2 aromatic carbocycles. The molecule has 0 saturated heterocycles. The highest BCUT2D eigenvalue weighted by Gasteiger charge is 2.33. The van der Waals surface area contributed by atoms with Crippen LogP contribution in [0.5, 0.6) is 11.5 Å². The molecular weight excluding hydrogens is 401 g/mol. The third-order valence-electron chi connectivity index (χ3n) is 3.43. The maximum Gasteiger partial charge on any atom is 0.278 e. The first-order valence-electron chi connectivity index (χ1n) is 6.71. The fourth-order valence-electron chi connectivity index (χ4n) is 2.48. The van der Waals surface area contributed by atoms with Crippen LogP contribution in [0.3, 0.4) is 0 Å². The molecule has 1 aliphatic carbocycles. The normalized spacial score (nSPS) is 12.6. The molecule has 110 valence electrons. The van der Waals surface area contributed by atoms with Crippen LogP contribution in [0.1, 0.15) is 31.8 Å². The van der Waals surface area contributed by atoms with Crippen molar-refractivity contribution in [2.45, 2.75) is 0 Å². The number of hydrogen-bond donors (Lipinski definition) is 0. The number of fused-ring (bicyclic) bond motifs is 2. The summed E-state index contributed by atoms with van der Waals surface area (Å²) in [5.41, 5.74) is 1.51. The van der Waals surface area contributed by atoms with E-state index in [2.05, 4.69) is 19.5 Å². The molecule has 4 nitrogen and oxygen atoms in total. The minimum atomic E-state index is -0.202. The lowest BCUT2D eigenvalue weighted by Gasteiger charge is -2.22. The van der Waals surface area contributed by atoms with Gasteiger partial charge in [0.05, 0.1) is 22.7 Å². The molecule has 2 aromatic rings. The molecule has 0 N–H and O–H groups in total. The molecule has 10 heteroatoms. The number of carbonyl (C=O) groups is 2. The Hall–Kier alpha value is -1.32. The van der Waals surface area contributed by atoms with E-state index in [4.69, 9.17) is 8.85 Å². The van der Waals surface area contributed by atoms with Crippen LogP contribution >= 0.6 is 0 Å². The number of carbonyl (C=O) groups excluding carboxylic acids is 2. The van der Waals surface area contributed by atoms with Crippen LogP contribution in [0.15, 0.2) is 36.4 Å². The fraction of sp³-hybridized carbons (Fsp3) is 0. The number of ketones is 2. The highest BCUT2D eigenvalue weighted by Crippen LogP contribution is 2.39. The molecule has 0 atom stereocenters. The van der Waals surface area contributed by atoms with Crippen LogP contribution < -0.4 is 8.85 Å². The molecule has 3 rings (SSSR count). The second-order valence-corrected chi connectivity index (χ2v) is 13.2. The lowest BCUT2D eigenvalue weighted by atomic mass is 9.83. The van der Waals surface area contributed by atoms with Crippen molar-refractivity contribution in [1.29, 1.82) is 0 Å². The Balaban J connectivity index is 2.16. The zero-order chi connectivity index (χ0) is 17.1. The maximum absolute atomic E-state index is 13.0. The molecule has 0 unspecified atom stereocenters. The van der Waals surface area contributed by atoms with Gasteiger partial charge in [0.1, 0.15) is 5.75 Å². The highest BCUT2D eigenvalue weighted by atomic mass is 29.5. The van der Waals surface area contributed by atoms with Gasteiger partial charge in [0, 0.05) is 36.2 Å². The Bertz CT molecular complexity index is 810. The predicted octanol–water partition coefficient (Wildman–Crippen LogP) is -0.137. The number of benzene rings is 2. The van der Waals surface area contributed by atoms with Crippen molar-refractivity contribution in [2.24, 2.45) is 0 Å². The molecule has 0 aliphatic heterocycles. The largest absolute Gasteiger partial charge is 0.543 e. The van der Waals surface area contributed by atoms with Crippen LogP contribution in [0, 0.1) is 0 Å². The third kappa shape index (κ3) is 3.12. The van der Waals surface area contributed by atoms with E-state index in [0.717, 1.165) is 0 Å². The molecule has 24 heavy (non-hydrogen) atoms. The lowest BCUT2D eigenvalue weighted by molar-refractivity contribution is 0.0977. The van der Waals surface area contributed by atoms with E-state index >= 15 is 0 Å². The van der Waals surface area contributed by atoms with Gasteiger partial charge in [0.15, 0.2) is 17.3 Å². The van der Waals surface area contributed by atoms with Gasteiger partial charge in [0.25, 0.3) is 18.6 Å². The SMILES string of the molecule is O=C1c2ccccc2C(=O)c2c1ccc(O[Si][Si][Si])c2O[Si][Si][Si]. The monoisotopic (exact) mass is 406 g/mol. The van der Waals surface area contributed by atoms with Crippen molar-refractivity contribution in [1.82, 2.24) is 0 Å². The van der Waals surface area contributed by atoms with Gasteiger partial charge in [-0.2, -0.15) is 0 Å². The summed E-state index contributed by atoms with van der Waals surface area (Å²) in [7, 11) is 8.00. The average molecular weight is 407 g/mol. The first-order chi connectivity index (χ1) is 11.7. The van der Waals surface area contributed by atoms with E-state index in [9.17, 15) is 9.59 Å². The lowest BCUT2D eigenvalue weighted by Crippen LogP contribution is -2.24. The van der Waals surface area contributed by atoms with Crippen molar-refractivity contribution in [3.05, 3.63) is 58.7 Å². The van der Waals surface area contributed by atoms with Gasteiger partial charge in [-0.15, -0.1) is 0 Å². The Labute approximate surface area is 155 Å². The summed E-state index contributed by atoms with van der Waals surface area (Å²) in [6.45, 7) is 0. The van der Waals surface area contributed by atoms with E-state index in [1.807, 2.05) is 0 Å². The summed E-state index contributed by atoms with van der Waals surface area (Å²) in [4.78, 5) is 25.7. The van der Waals surface area contributed by atoms with Crippen molar-refractivity contribution in [3.8, 4) is 11.5 Å². The summed E-state index contributed by atoms with van der Waals surface area (Å²) in [6.07, 6.45) is 0. The third-order valence-corrected chi connectivity index (χ3v) is 7.32. The number of rotatable bonds is 6. The Morgan fingerprint density at radius 1 is 0.750 bits per heavy atom. The molecule has 14 radical (unpaired) electrons. The topological polar surface area (TPSA) is 52.6 Å². The molecule has 0 amide bonds. The Kier molecular flexibility index (Phi) is 5.62. The summed E-state index contributed by atoms with van der Waals surface area (Å²) >= 11 is 0. The quantitative estimate of drug-likeness (QED) is 0.535. The molecule has 1 aliphatic rings. The van der Waals surface area contributed by atoms with E-state index in [1.54, 1.807) is 36.4 Å². The Morgan fingerprint density at radius 2 is 1.38 bits per heavy atom. The zero-order valence-electron chi connectivity index (χ0n) is 12.1. The summed E-state index contributed by atoms with van der Waals surface area (Å²) in [6, 6.07) is 10.2. The molecule has 0 fully saturated rings. The van der Waals surface area contributed by atoms with Crippen molar-refractivity contribution < 1.29 is 18.4 Å². The van der Waals surface area contributed by atoms with Gasteiger partial charge in [-0.1, -0.05) is 24.3 Å². The maximum atomic E-state index is 13.0. The zero-order valence-corrected chi connectivity index (χ0v) is 18.1. The van der Waals surface area contributed by atoms with Gasteiger partial charge in [0.2, 0.25) is 0 Å². The molecule has 0 bridgehead atoms. The highest BCUT2D eigenvalue weighted by molar-refractivity contribution is 7.22. The molecule has 0 aromatic heterocycles. The van der Waals surface area contributed by atoms with Gasteiger partial charge in [-0.3, -0.25) is 9.59 Å². The van der Waals surface area contributed by atoms with Crippen molar-refractivity contribution in [2.75, 3.05) is 0 Å². The minimum absolute atomic E-state index is 0.141. The fourth-order valence-corrected chi connectivity index (χ4v) is 5.01. The van der Waals surface area contributed by atoms with Gasteiger partial charge in [-0.05, 0) is 12.1 Å². The second-order valence-electron chi connectivity index (χ2n) is 4.68. The van der Waals surface area contributed by atoms with Crippen LogP contribution in [0.4, 0.5) is 0 Å². The minimum Gasteiger partial charge on any atom is -0.543 e. The van der Waals surface area contributed by atoms with Crippen LogP contribution in [0.2, 0.25) is 0 Å². The van der Waals surface area contributed by atoms with Crippen molar-refractivity contribution in [3.63, 3.8) is 0 Å². The summed E-state index contributed by atoms with van der Waals surface area (Å²) < 4.78 is 11.5. The molecule has 0 spiro atoms. The molecular formula is C14H6O4Si6. The standard InChI is InChI=1S/C14H6O4Si6/c15-12-7-3-1-2-4-8(7)13(16)11-9(12)5-6-10(17-21-23-19)14(11)18-22-24-20/h1-6H. The van der Waals surface area contributed by atoms with Gasteiger partial charge < -0.3 is 8.85 Å². The van der Waals surface area contributed by atoms with E-state index in [-0.39, 0.29) is 30.1 Å². The van der Waals surface area contributed by atoms with E-state index < -0.39 is 0 Å². The predicted molar refractivity (Wildman–Crippen MR) is 95.5 cm³/mol. The van der Waals surface area contributed by atoms with Gasteiger partial charge in [-0.25, -0.2) is 0 Å². The second kappa shape index (κ2) is 7.71. The summed E-state index contributed by atoms with van der Waals surface area (Å²) in [5.74, 6) is 0.495.